The molecule has 0 unspecified atom stereocenters. The van der Waals surface area contributed by atoms with Gasteiger partial charge in [0, 0.05) is 30.9 Å². The van der Waals surface area contributed by atoms with E-state index in [4.69, 9.17) is 4.74 Å². The van der Waals surface area contributed by atoms with Gasteiger partial charge in [-0.2, -0.15) is 0 Å². The van der Waals surface area contributed by atoms with Crippen molar-refractivity contribution < 1.29 is 14.3 Å². The molecule has 1 aromatic rings. The molecule has 21 heavy (non-hydrogen) atoms. The second-order valence-electron chi connectivity index (χ2n) is 5.53. The molecule has 0 radical (unpaired) electrons. The Balaban J connectivity index is 2.92. The lowest BCUT2D eigenvalue weighted by molar-refractivity contribution is -0.121. The van der Waals surface area contributed by atoms with Crippen molar-refractivity contribution in [1.29, 1.82) is 0 Å². The van der Waals surface area contributed by atoms with Crippen molar-refractivity contribution in [2.75, 3.05) is 6.61 Å². The second kappa shape index (κ2) is 7.29. The van der Waals surface area contributed by atoms with Gasteiger partial charge in [0.15, 0.2) is 0 Å². The lowest BCUT2D eigenvalue weighted by Crippen LogP contribution is -2.30. The first-order valence-corrected chi connectivity index (χ1v) is 7.40. The van der Waals surface area contributed by atoms with E-state index in [2.05, 4.69) is 5.32 Å². The summed E-state index contributed by atoms with van der Waals surface area (Å²) in [6, 6.07) is 0.142. The van der Waals surface area contributed by atoms with E-state index in [9.17, 15) is 9.59 Å². The molecule has 0 saturated heterocycles. The fraction of sp³-hybridized carbons (Fsp3) is 0.625. The van der Waals surface area contributed by atoms with Gasteiger partial charge >= 0.3 is 5.97 Å². The lowest BCUT2D eigenvalue weighted by Gasteiger charge is -2.09. The molecule has 1 N–H and O–H groups in total. The van der Waals surface area contributed by atoms with Gasteiger partial charge in [0.05, 0.1) is 12.2 Å². The Labute approximate surface area is 126 Å². The highest BCUT2D eigenvalue weighted by atomic mass is 16.5. The predicted octanol–water partition coefficient (Wildman–Crippen LogP) is 2.28. The largest absolute Gasteiger partial charge is 0.462 e. The lowest BCUT2D eigenvalue weighted by atomic mass is 10.1. The number of nitrogens with zero attached hydrogens (tertiary/aromatic N) is 1. The van der Waals surface area contributed by atoms with Crippen molar-refractivity contribution in [2.24, 2.45) is 7.05 Å². The quantitative estimate of drug-likeness (QED) is 0.819. The molecule has 0 aliphatic heterocycles. The van der Waals surface area contributed by atoms with Crippen LogP contribution in [0.4, 0.5) is 0 Å². The number of nitrogens with one attached hydrogen (secondary N) is 1. The number of hydrogen-bond acceptors (Lipinski definition) is 3. The summed E-state index contributed by atoms with van der Waals surface area (Å²) < 4.78 is 7.08. The Morgan fingerprint density at radius 2 is 1.90 bits per heavy atom. The van der Waals surface area contributed by atoms with Crippen LogP contribution in [-0.2, 0) is 23.0 Å². The number of carbonyl (C=O) groups is 2. The minimum absolute atomic E-state index is 0.0286. The maximum Gasteiger partial charge on any atom is 0.340 e. The third-order valence-electron chi connectivity index (χ3n) is 3.60. The smallest absolute Gasteiger partial charge is 0.340 e. The topological polar surface area (TPSA) is 60.3 Å². The molecule has 0 aliphatic rings. The van der Waals surface area contributed by atoms with E-state index >= 15 is 0 Å². The molecule has 0 fully saturated rings. The van der Waals surface area contributed by atoms with Crippen LogP contribution in [0, 0.1) is 13.8 Å². The molecule has 0 saturated carbocycles. The number of aromatic nitrogens is 1. The van der Waals surface area contributed by atoms with Crippen molar-refractivity contribution in [1.82, 2.24) is 9.88 Å². The van der Waals surface area contributed by atoms with Gasteiger partial charge in [-0.25, -0.2) is 4.79 Å². The summed E-state index contributed by atoms with van der Waals surface area (Å²) in [5.74, 6) is -0.262. The van der Waals surface area contributed by atoms with Crippen LogP contribution in [0.25, 0.3) is 0 Å². The zero-order valence-electron chi connectivity index (χ0n) is 13.9. The van der Waals surface area contributed by atoms with Crippen LogP contribution in [-0.4, -0.2) is 29.1 Å². The van der Waals surface area contributed by atoms with E-state index in [1.807, 2.05) is 39.3 Å². The zero-order chi connectivity index (χ0) is 16.2. The molecule has 0 bridgehead atoms. The van der Waals surface area contributed by atoms with E-state index in [1.165, 1.54) is 0 Å². The Morgan fingerprint density at radius 3 is 2.43 bits per heavy atom. The number of amides is 1. The molecule has 1 heterocycles. The van der Waals surface area contributed by atoms with Crippen LogP contribution in [0.5, 0.6) is 0 Å². The van der Waals surface area contributed by atoms with Crippen LogP contribution in [0.2, 0.25) is 0 Å². The summed E-state index contributed by atoms with van der Waals surface area (Å²) in [5.41, 5.74) is 3.42. The molecule has 1 rings (SSSR count). The Kier molecular flexibility index (Phi) is 6.00. The van der Waals surface area contributed by atoms with E-state index in [-0.39, 0.29) is 17.9 Å². The fourth-order valence-electron chi connectivity index (χ4n) is 2.52. The average molecular weight is 294 g/mol. The van der Waals surface area contributed by atoms with Gasteiger partial charge in [-0.05, 0) is 46.6 Å². The molecule has 0 atom stereocenters. The van der Waals surface area contributed by atoms with Crippen molar-refractivity contribution in [3.8, 4) is 0 Å². The van der Waals surface area contributed by atoms with Gasteiger partial charge in [0.2, 0.25) is 5.91 Å². The molecule has 0 aliphatic carbocycles. The summed E-state index contributed by atoms with van der Waals surface area (Å²) in [4.78, 5) is 23.8. The predicted molar refractivity (Wildman–Crippen MR) is 82.4 cm³/mol. The molecule has 5 heteroatoms. The van der Waals surface area contributed by atoms with Crippen molar-refractivity contribution in [3.63, 3.8) is 0 Å². The van der Waals surface area contributed by atoms with Crippen LogP contribution >= 0.6 is 0 Å². The minimum Gasteiger partial charge on any atom is -0.462 e. The van der Waals surface area contributed by atoms with Crippen molar-refractivity contribution in [3.05, 3.63) is 22.5 Å². The van der Waals surface area contributed by atoms with Crippen LogP contribution < -0.4 is 5.32 Å². The minimum atomic E-state index is -0.291. The van der Waals surface area contributed by atoms with Gasteiger partial charge < -0.3 is 14.6 Å². The maximum atomic E-state index is 12.0. The standard InChI is InChI=1S/C16H26N2O3/c1-7-21-16(20)15-11(4)13(18(6)12(15)5)8-9-14(19)17-10(2)3/h10H,7-9H2,1-6H3,(H,17,19). The first kappa shape index (κ1) is 17.3. The van der Waals surface area contributed by atoms with Gasteiger partial charge in [-0.15, -0.1) is 0 Å². The average Bonchev–Trinajstić information content (AvgIpc) is 2.58. The SMILES string of the molecule is CCOC(=O)c1c(C)c(CCC(=O)NC(C)C)n(C)c1C. The highest BCUT2D eigenvalue weighted by Crippen LogP contribution is 2.23. The van der Waals surface area contributed by atoms with Gasteiger partial charge in [-0.1, -0.05) is 0 Å². The molecule has 1 amide bonds. The molecule has 0 aromatic carbocycles. The number of ether oxygens (including phenoxy) is 1. The number of esters is 1. The van der Waals surface area contributed by atoms with E-state index in [1.54, 1.807) is 6.92 Å². The Hall–Kier alpha value is -1.78. The highest BCUT2D eigenvalue weighted by Gasteiger charge is 2.22. The summed E-state index contributed by atoms with van der Waals surface area (Å²) in [6.45, 7) is 9.84. The molecular weight excluding hydrogens is 268 g/mol. The van der Waals surface area contributed by atoms with E-state index < -0.39 is 0 Å². The van der Waals surface area contributed by atoms with E-state index in [0.717, 1.165) is 17.0 Å². The van der Waals surface area contributed by atoms with Gasteiger partial charge in [0.25, 0.3) is 0 Å². The summed E-state index contributed by atoms with van der Waals surface area (Å²) in [6.07, 6.45) is 1.03. The van der Waals surface area contributed by atoms with Gasteiger partial charge in [-0.3, -0.25) is 4.79 Å². The Bertz CT molecular complexity index is 530. The van der Waals surface area contributed by atoms with Crippen molar-refractivity contribution >= 4 is 11.9 Å². The molecule has 5 nitrogen and oxygen atoms in total. The summed E-state index contributed by atoms with van der Waals surface area (Å²) >= 11 is 0. The van der Waals surface area contributed by atoms with Crippen molar-refractivity contribution in [2.45, 2.75) is 53.5 Å². The normalized spacial score (nSPS) is 10.8. The van der Waals surface area contributed by atoms with Crippen LogP contribution in [0.15, 0.2) is 0 Å². The Morgan fingerprint density at radius 1 is 1.29 bits per heavy atom. The zero-order valence-corrected chi connectivity index (χ0v) is 13.9. The molecule has 118 valence electrons. The molecule has 0 spiro atoms. The second-order valence-corrected chi connectivity index (χ2v) is 5.53. The highest BCUT2D eigenvalue weighted by molar-refractivity contribution is 5.93. The van der Waals surface area contributed by atoms with Crippen LogP contribution in [0.3, 0.4) is 0 Å². The third-order valence-corrected chi connectivity index (χ3v) is 3.60. The maximum absolute atomic E-state index is 12.0. The number of rotatable bonds is 6. The third kappa shape index (κ3) is 4.09. The van der Waals surface area contributed by atoms with Crippen LogP contribution in [0.1, 0.15) is 54.5 Å². The molecular formula is C16H26N2O3. The van der Waals surface area contributed by atoms with Gasteiger partial charge in [0.1, 0.15) is 0 Å². The first-order valence-electron chi connectivity index (χ1n) is 7.40. The first-order chi connectivity index (χ1) is 9.79. The monoisotopic (exact) mass is 294 g/mol. The molecule has 1 aromatic heterocycles. The van der Waals surface area contributed by atoms with E-state index in [0.29, 0.717) is 25.0 Å². The summed E-state index contributed by atoms with van der Waals surface area (Å²) in [7, 11) is 1.92. The number of carbonyl (C=O) groups excluding carboxylic acids is 2. The fourth-order valence-corrected chi connectivity index (χ4v) is 2.52. The summed E-state index contributed by atoms with van der Waals surface area (Å²) in [5, 5.41) is 2.88. The number of hydrogen-bond donors (Lipinski definition) is 1.